The lowest BCUT2D eigenvalue weighted by Gasteiger charge is -2.20. The molecular formula is C13H16N2O4. The molecular weight excluding hydrogens is 248 g/mol. The van der Waals surface area contributed by atoms with Crippen LogP contribution in [-0.4, -0.2) is 31.1 Å². The molecule has 19 heavy (non-hydrogen) atoms. The lowest BCUT2D eigenvalue weighted by molar-refractivity contribution is -0.384. The van der Waals surface area contributed by atoms with Gasteiger partial charge in [-0.2, -0.15) is 0 Å². The fourth-order valence-electron chi connectivity index (χ4n) is 2.33. The second-order valence-corrected chi connectivity index (χ2v) is 4.79. The Bertz CT molecular complexity index is 515. The van der Waals surface area contributed by atoms with E-state index in [4.69, 9.17) is 4.74 Å². The van der Waals surface area contributed by atoms with Crippen LogP contribution >= 0.6 is 0 Å². The zero-order chi connectivity index (χ0) is 14.0. The summed E-state index contributed by atoms with van der Waals surface area (Å²) in [6.45, 7) is 3.71. The Balaban J connectivity index is 2.43. The number of ether oxygens (including phenoxy) is 1. The normalized spacial score (nSPS) is 18.4. The van der Waals surface area contributed by atoms with Crippen LogP contribution in [0.1, 0.15) is 23.7 Å². The molecule has 0 radical (unpaired) electrons. The molecule has 0 aromatic heterocycles. The predicted molar refractivity (Wildman–Crippen MR) is 70.4 cm³/mol. The molecule has 1 aliphatic rings. The number of benzene rings is 1. The van der Waals surface area contributed by atoms with Gasteiger partial charge in [-0.05, 0) is 18.4 Å². The summed E-state index contributed by atoms with van der Waals surface area (Å²) in [5.41, 5.74) is 0.954. The van der Waals surface area contributed by atoms with E-state index in [1.165, 1.54) is 25.3 Å². The molecule has 1 aromatic rings. The molecule has 0 spiro atoms. The van der Waals surface area contributed by atoms with Crippen molar-refractivity contribution in [2.24, 2.45) is 5.92 Å². The Hall–Kier alpha value is -2.11. The van der Waals surface area contributed by atoms with E-state index >= 15 is 0 Å². The number of hydrogen-bond acceptors (Lipinski definition) is 5. The molecule has 0 N–H and O–H groups in total. The second-order valence-electron chi connectivity index (χ2n) is 4.79. The lowest BCUT2D eigenvalue weighted by atomic mass is 10.1. The molecule has 1 heterocycles. The minimum absolute atomic E-state index is 0.0118. The first-order valence-electron chi connectivity index (χ1n) is 6.14. The molecule has 6 nitrogen and oxygen atoms in total. The molecule has 2 rings (SSSR count). The van der Waals surface area contributed by atoms with Crippen molar-refractivity contribution in [3.05, 3.63) is 33.9 Å². The number of rotatable bonds is 3. The standard InChI is InChI=1S/C13H16N2O4/c1-9-5-6-14(8-9)12-7-10(15(17)18)3-4-11(12)13(16)19-2/h3-4,7,9H,5-6,8H2,1-2H3. The monoisotopic (exact) mass is 264 g/mol. The first-order valence-corrected chi connectivity index (χ1v) is 6.14. The summed E-state index contributed by atoms with van der Waals surface area (Å²) >= 11 is 0. The summed E-state index contributed by atoms with van der Waals surface area (Å²) in [5.74, 6) is 0.0502. The minimum Gasteiger partial charge on any atom is -0.465 e. The molecule has 6 heteroatoms. The van der Waals surface area contributed by atoms with Crippen molar-refractivity contribution in [3.63, 3.8) is 0 Å². The molecule has 1 aliphatic heterocycles. The van der Waals surface area contributed by atoms with Crippen molar-refractivity contribution in [1.29, 1.82) is 0 Å². The van der Waals surface area contributed by atoms with Crippen molar-refractivity contribution in [2.45, 2.75) is 13.3 Å². The van der Waals surface area contributed by atoms with Gasteiger partial charge in [-0.15, -0.1) is 0 Å². The number of nitrogens with zero attached hydrogens (tertiary/aromatic N) is 2. The van der Waals surface area contributed by atoms with E-state index in [9.17, 15) is 14.9 Å². The Morgan fingerprint density at radius 3 is 2.79 bits per heavy atom. The SMILES string of the molecule is COC(=O)c1ccc([N+](=O)[O-])cc1N1CCC(C)C1. The first-order chi connectivity index (χ1) is 9.02. The van der Waals surface area contributed by atoms with Gasteiger partial charge in [0, 0.05) is 25.2 Å². The number of nitro groups is 1. The molecule has 102 valence electrons. The van der Waals surface area contributed by atoms with Crippen molar-refractivity contribution in [2.75, 3.05) is 25.1 Å². The van der Waals surface area contributed by atoms with Crippen LogP contribution in [-0.2, 0) is 4.74 Å². The van der Waals surface area contributed by atoms with Crippen LogP contribution in [0.5, 0.6) is 0 Å². The molecule has 1 fully saturated rings. The van der Waals surface area contributed by atoms with Gasteiger partial charge in [-0.1, -0.05) is 6.92 Å². The second kappa shape index (κ2) is 5.26. The molecule has 1 atom stereocenters. The molecule has 0 saturated carbocycles. The zero-order valence-electron chi connectivity index (χ0n) is 11.0. The maximum atomic E-state index is 11.7. The summed E-state index contributed by atoms with van der Waals surface area (Å²) in [6.07, 6.45) is 1.02. The summed E-state index contributed by atoms with van der Waals surface area (Å²) in [6, 6.07) is 4.24. The number of carbonyl (C=O) groups excluding carboxylic acids is 1. The highest BCUT2D eigenvalue weighted by molar-refractivity contribution is 5.96. The Kier molecular flexibility index (Phi) is 3.69. The van der Waals surface area contributed by atoms with E-state index in [1.54, 1.807) is 0 Å². The Morgan fingerprint density at radius 1 is 1.53 bits per heavy atom. The van der Waals surface area contributed by atoms with Crippen molar-refractivity contribution >= 4 is 17.3 Å². The summed E-state index contributed by atoms with van der Waals surface area (Å²) in [5, 5.41) is 10.9. The molecule has 1 saturated heterocycles. The van der Waals surface area contributed by atoms with E-state index in [-0.39, 0.29) is 5.69 Å². The van der Waals surface area contributed by atoms with Crippen molar-refractivity contribution in [3.8, 4) is 0 Å². The fourth-order valence-corrected chi connectivity index (χ4v) is 2.33. The Labute approximate surface area is 111 Å². The molecule has 0 aliphatic carbocycles. The predicted octanol–water partition coefficient (Wildman–Crippen LogP) is 2.23. The first kappa shape index (κ1) is 13.3. The van der Waals surface area contributed by atoms with E-state index < -0.39 is 10.9 Å². The maximum absolute atomic E-state index is 11.7. The Morgan fingerprint density at radius 2 is 2.26 bits per heavy atom. The van der Waals surface area contributed by atoms with Crippen molar-refractivity contribution < 1.29 is 14.5 Å². The van der Waals surface area contributed by atoms with E-state index in [0.717, 1.165) is 19.5 Å². The van der Waals surface area contributed by atoms with Gasteiger partial charge in [0.1, 0.15) is 0 Å². The maximum Gasteiger partial charge on any atom is 0.339 e. The quantitative estimate of drug-likeness (QED) is 0.475. The smallest absolute Gasteiger partial charge is 0.339 e. The van der Waals surface area contributed by atoms with E-state index in [0.29, 0.717) is 17.2 Å². The third-order valence-electron chi connectivity index (χ3n) is 3.36. The van der Waals surface area contributed by atoms with Gasteiger partial charge in [-0.3, -0.25) is 10.1 Å². The van der Waals surface area contributed by atoms with Gasteiger partial charge in [-0.25, -0.2) is 4.79 Å². The lowest BCUT2D eigenvalue weighted by Crippen LogP contribution is -2.22. The number of nitro benzene ring substituents is 1. The van der Waals surface area contributed by atoms with Crippen LogP contribution < -0.4 is 4.90 Å². The van der Waals surface area contributed by atoms with E-state index in [2.05, 4.69) is 6.92 Å². The van der Waals surface area contributed by atoms with Gasteiger partial charge in [0.15, 0.2) is 0 Å². The topological polar surface area (TPSA) is 72.7 Å². The summed E-state index contributed by atoms with van der Waals surface area (Å²) < 4.78 is 4.73. The number of non-ortho nitro benzene ring substituents is 1. The molecule has 0 bridgehead atoms. The van der Waals surface area contributed by atoms with Crippen LogP contribution in [0.25, 0.3) is 0 Å². The minimum atomic E-state index is -0.468. The van der Waals surface area contributed by atoms with Gasteiger partial charge >= 0.3 is 5.97 Å². The van der Waals surface area contributed by atoms with Crippen LogP contribution in [0, 0.1) is 16.0 Å². The third kappa shape index (κ3) is 2.67. The number of methoxy groups -OCH3 is 1. The van der Waals surface area contributed by atoms with Gasteiger partial charge in [0.25, 0.3) is 5.69 Å². The largest absolute Gasteiger partial charge is 0.465 e. The van der Waals surface area contributed by atoms with Crippen LogP contribution in [0.2, 0.25) is 0 Å². The molecule has 1 aromatic carbocycles. The third-order valence-corrected chi connectivity index (χ3v) is 3.36. The van der Waals surface area contributed by atoms with Gasteiger partial charge in [0.2, 0.25) is 0 Å². The highest BCUT2D eigenvalue weighted by Gasteiger charge is 2.25. The van der Waals surface area contributed by atoms with Crippen LogP contribution in [0.3, 0.4) is 0 Å². The van der Waals surface area contributed by atoms with E-state index in [1.807, 2.05) is 4.90 Å². The van der Waals surface area contributed by atoms with Crippen molar-refractivity contribution in [1.82, 2.24) is 0 Å². The fraction of sp³-hybridized carbons (Fsp3) is 0.462. The number of hydrogen-bond donors (Lipinski definition) is 0. The average Bonchev–Trinajstić information content (AvgIpc) is 2.83. The van der Waals surface area contributed by atoms with Gasteiger partial charge in [0.05, 0.1) is 23.3 Å². The number of anilines is 1. The molecule has 0 amide bonds. The van der Waals surface area contributed by atoms with Gasteiger partial charge < -0.3 is 9.64 Å². The summed E-state index contributed by atoms with van der Waals surface area (Å²) in [4.78, 5) is 24.1. The number of esters is 1. The average molecular weight is 264 g/mol. The summed E-state index contributed by atoms with van der Waals surface area (Å²) in [7, 11) is 1.31. The number of carbonyl (C=O) groups is 1. The molecule has 1 unspecified atom stereocenters. The van der Waals surface area contributed by atoms with Crippen LogP contribution in [0.15, 0.2) is 18.2 Å². The highest BCUT2D eigenvalue weighted by Crippen LogP contribution is 2.30. The highest BCUT2D eigenvalue weighted by atomic mass is 16.6. The zero-order valence-corrected chi connectivity index (χ0v) is 11.0. The van der Waals surface area contributed by atoms with Crippen LogP contribution in [0.4, 0.5) is 11.4 Å².